The summed E-state index contributed by atoms with van der Waals surface area (Å²) in [6.07, 6.45) is -0.414. The van der Waals surface area contributed by atoms with Crippen LogP contribution in [0, 0.1) is 0 Å². The lowest BCUT2D eigenvalue weighted by molar-refractivity contribution is 0.172. The van der Waals surface area contributed by atoms with Crippen molar-refractivity contribution in [2.24, 2.45) is 0 Å². The van der Waals surface area contributed by atoms with Crippen molar-refractivity contribution in [1.29, 1.82) is 0 Å². The maximum absolute atomic E-state index is 10.2. The topological polar surface area (TPSA) is 35.5 Å². The van der Waals surface area contributed by atoms with Crippen LogP contribution in [0.15, 0.2) is 24.3 Å². The van der Waals surface area contributed by atoms with E-state index in [0.29, 0.717) is 12.5 Å². The molecule has 1 aromatic rings. The number of thioether (sulfide) groups is 1. The van der Waals surface area contributed by atoms with Gasteiger partial charge in [0.05, 0.1) is 6.10 Å². The van der Waals surface area contributed by atoms with Crippen LogP contribution in [-0.2, 0) is 0 Å². The van der Waals surface area contributed by atoms with E-state index in [1.807, 2.05) is 23.9 Å². The summed E-state index contributed by atoms with van der Waals surface area (Å²) >= 11 is 2.04. The largest absolute Gasteiger partial charge is 0.387 e. The summed E-state index contributed by atoms with van der Waals surface area (Å²) in [5, 5.41) is 13.6. The molecule has 21 heavy (non-hydrogen) atoms. The summed E-state index contributed by atoms with van der Waals surface area (Å²) in [6.45, 7) is 9.43. The van der Waals surface area contributed by atoms with E-state index in [0.717, 1.165) is 18.7 Å². The highest BCUT2D eigenvalue weighted by atomic mass is 32.2. The van der Waals surface area contributed by atoms with Crippen LogP contribution >= 0.6 is 11.8 Å². The van der Waals surface area contributed by atoms with Gasteiger partial charge in [-0.1, -0.05) is 38.1 Å². The number of nitrogens with zero attached hydrogens (tertiary/aromatic N) is 1. The molecule has 0 amide bonds. The lowest BCUT2D eigenvalue weighted by Crippen LogP contribution is -2.38. The average Bonchev–Trinajstić information content (AvgIpc) is 2.52. The Morgan fingerprint density at radius 2 is 1.76 bits per heavy atom. The zero-order valence-electron chi connectivity index (χ0n) is 13.2. The number of rotatable bonds is 7. The Balaban J connectivity index is 1.67. The summed E-state index contributed by atoms with van der Waals surface area (Å²) < 4.78 is 0. The fourth-order valence-electron chi connectivity index (χ4n) is 2.52. The summed E-state index contributed by atoms with van der Waals surface area (Å²) in [5.41, 5.74) is 2.32. The second-order valence-electron chi connectivity index (χ2n) is 6.00. The van der Waals surface area contributed by atoms with Crippen LogP contribution in [0.1, 0.15) is 37.0 Å². The van der Waals surface area contributed by atoms with Gasteiger partial charge in [-0.05, 0) is 17.0 Å². The normalized spacial score (nSPS) is 18.1. The third-order valence-corrected chi connectivity index (χ3v) is 4.98. The first-order chi connectivity index (χ1) is 10.2. The standard InChI is InChI=1S/C17H28N2OS/c1-14(2)15-3-5-16(6-4-15)17(20)13-18-7-8-19-9-11-21-12-10-19/h3-6,14,17-18,20H,7-13H2,1-2H3. The number of hydrogen-bond acceptors (Lipinski definition) is 4. The second-order valence-corrected chi connectivity index (χ2v) is 7.22. The molecule has 4 heteroatoms. The van der Waals surface area contributed by atoms with Crippen molar-refractivity contribution < 1.29 is 5.11 Å². The van der Waals surface area contributed by atoms with Crippen molar-refractivity contribution in [2.45, 2.75) is 25.9 Å². The SMILES string of the molecule is CC(C)c1ccc(C(O)CNCCN2CCSCC2)cc1. The number of hydrogen-bond donors (Lipinski definition) is 2. The Labute approximate surface area is 133 Å². The average molecular weight is 308 g/mol. The van der Waals surface area contributed by atoms with Crippen LogP contribution in [0.3, 0.4) is 0 Å². The van der Waals surface area contributed by atoms with Crippen LogP contribution < -0.4 is 5.32 Å². The van der Waals surface area contributed by atoms with Gasteiger partial charge in [-0.15, -0.1) is 0 Å². The van der Waals surface area contributed by atoms with Crippen molar-refractivity contribution in [3.8, 4) is 0 Å². The van der Waals surface area contributed by atoms with Gasteiger partial charge in [0.1, 0.15) is 0 Å². The maximum atomic E-state index is 10.2. The monoisotopic (exact) mass is 308 g/mol. The third-order valence-electron chi connectivity index (χ3n) is 4.03. The van der Waals surface area contributed by atoms with E-state index in [2.05, 4.69) is 36.2 Å². The Morgan fingerprint density at radius 1 is 1.14 bits per heavy atom. The first-order valence-corrected chi connectivity index (χ1v) is 9.11. The third kappa shape index (κ3) is 5.62. The quantitative estimate of drug-likeness (QED) is 0.759. The highest BCUT2D eigenvalue weighted by Gasteiger charge is 2.11. The Hall–Kier alpha value is -0.550. The number of benzene rings is 1. The fourth-order valence-corrected chi connectivity index (χ4v) is 3.50. The second kappa shape index (κ2) is 8.79. The van der Waals surface area contributed by atoms with E-state index in [4.69, 9.17) is 0 Å². The molecule has 1 heterocycles. The predicted molar refractivity (Wildman–Crippen MR) is 92.1 cm³/mol. The van der Waals surface area contributed by atoms with Gasteiger partial charge in [-0.2, -0.15) is 11.8 Å². The first kappa shape index (κ1) is 16.8. The van der Waals surface area contributed by atoms with E-state index in [-0.39, 0.29) is 0 Å². The zero-order chi connectivity index (χ0) is 15.1. The molecule has 1 fully saturated rings. The van der Waals surface area contributed by atoms with E-state index >= 15 is 0 Å². The Bertz CT molecular complexity index is 402. The maximum Gasteiger partial charge on any atom is 0.0914 e. The predicted octanol–water partition coefficient (Wildman–Crippen LogP) is 2.48. The highest BCUT2D eigenvalue weighted by molar-refractivity contribution is 7.99. The number of nitrogens with one attached hydrogen (secondary N) is 1. The Kier molecular flexibility index (Phi) is 7.04. The highest BCUT2D eigenvalue weighted by Crippen LogP contribution is 2.18. The molecule has 2 rings (SSSR count). The van der Waals surface area contributed by atoms with Crippen LogP contribution in [0.2, 0.25) is 0 Å². The summed E-state index contributed by atoms with van der Waals surface area (Å²) in [4.78, 5) is 2.49. The van der Waals surface area contributed by atoms with E-state index in [1.165, 1.54) is 30.2 Å². The molecule has 0 aromatic heterocycles. The summed E-state index contributed by atoms with van der Waals surface area (Å²) in [7, 11) is 0. The zero-order valence-corrected chi connectivity index (χ0v) is 14.0. The van der Waals surface area contributed by atoms with Gasteiger partial charge in [-0.3, -0.25) is 0 Å². The molecule has 0 bridgehead atoms. The van der Waals surface area contributed by atoms with Crippen molar-refractivity contribution in [3.05, 3.63) is 35.4 Å². The van der Waals surface area contributed by atoms with Crippen molar-refractivity contribution in [3.63, 3.8) is 0 Å². The molecule has 0 aliphatic carbocycles. The van der Waals surface area contributed by atoms with Gasteiger partial charge < -0.3 is 15.3 Å². The van der Waals surface area contributed by atoms with E-state index in [1.54, 1.807) is 0 Å². The fraction of sp³-hybridized carbons (Fsp3) is 0.647. The minimum absolute atomic E-state index is 0.414. The molecule has 0 saturated carbocycles. The number of aliphatic hydroxyl groups is 1. The van der Waals surface area contributed by atoms with Gasteiger partial charge in [-0.25, -0.2) is 0 Å². The van der Waals surface area contributed by atoms with E-state index in [9.17, 15) is 5.11 Å². The van der Waals surface area contributed by atoms with Gasteiger partial charge in [0.25, 0.3) is 0 Å². The molecular weight excluding hydrogens is 280 g/mol. The molecule has 118 valence electrons. The lowest BCUT2D eigenvalue weighted by Gasteiger charge is -2.26. The molecule has 1 saturated heterocycles. The molecule has 0 spiro atoms. The molecule has 1 unspecified atom stereocenters. The molecular formula is C17H28N2OS. The molecule has 0 radical (unpaired) electrons. The molecule has 3 nitrogen and oxygen atoms in total. The van der Waals surface area contributed by atoms with Gasteiger partial charge in [0.2, 0.25) is 0 Å². The number of aliphatic hydroxyl groups excluding tert-OH is 1. The van der Waals surface area contributed by atoms with Crippen molar-refractivity contribution in [1.82, 2.24) is 10.2 Å². The van der Waals surface area contributed by atoms with Crippen LogP contribution in [0.25, 0.3) is 0 Å². The first-order valence-electron chi connectivity index (χ1n) is 7.95. The van der Waals surface area contributed by atoms with Crippen molar-refractivity contribution >= 4 is 11.8 Å². The van der Waals surface area contributed by atoms with Crippen molar-refractivity contribution in [2.75, 3.05) is 44.2 Å². The van der Waals surface area contributed by atoms with Gasteiger partial charge in [0.15, 0.2) is 0 Å². The van der Waals surface area contributed by atoms with Gasteiger partial charge in [0, 0.05) is 44.2 Å². The van der Waals surface area contributed by atoms with Crippen LogP contribution in [-0.4, -0.2) is 54.2 Å². The Morgan fingerprint density at radius 3 is 2.38 bits per heavy atom. The smallest absolute Gasteiger partial charge is 0.0914 e. The van der Waals surface area contributed by atoms with Crippen LogP contribution in [0.5, 0.6) is 0 Å². The molecule has 1 aliphatic rings. The van der Waals surface area contributed by atoms with Crippen LogP contribution in [0.4, 0.5) is 0 Å². The summed E-state index contributed by atoms with van der Waals surface area (Å²) in [5.74, 6) is 3.05. The molecule has 1 aliphatic heterocycles. The van der Waals surface area contributed by atoms with E-state index < -0.39 is 6.10 Å². The summed E-state index contributed by atoms with van der Waals surface area (Å²) in [6, 6.07) is 8.33. The minimum Gasteiger partial charge on any atom is -0.387 e. The lowest BCUT2D eigenvalue weighted by atomic mass is 10.00. The van der Waals surface area contributed by atoms with Gasteiger partial charge >= 0.3 is 0 Å². The minimum atomic E-state index is -0.414. The molecule has 1 atom stereocenters. The molecule has 2 N–H and O–H groups in total. The molecule has 1 aromatic carbocycles.